The normalized spacial score (nSPS) is 17.5. The van der Waals surface area contributed by atoms with Crippen molar-refractivity contribution in [2.45, 2.75) is 0 Å². The third kappa shape index (κ3) is 3.98. The topological polar surface area (TPSA) is 59.0 Å². The van der Waals surface area contributed by atoms with Gasteiger partial charge in [-0.05, 0) is 47.5 Å². The van der Waals surface area contributed by atoms with Crippen molar-refractivity contribution in [3.05, 3.63) is 95.7 Å². The zero-order chi connectivity index (χ0) is 18.5. The number of piperidine rings is 1. The summed E-state index contributed by atoms with van der Waals surface area (Å²) in [6.45, 7) is 1.02. The van der Waals surface area contributed by atoms with E-state index in [1.165, 1.54) is 0 Å². The molecule has 5 heteroatoms. The van der Waals surface area contributed by atoms with Crippen molar-refractivity contribution in [3.63, 3.8) is 0 Å². The van der Waals surface area contributed by atoms with Gasteiger partial charge in [0.2, 0.25) is 0 Å². The van der Waals surface area contributed by atoms with Gasteiger partial charge in [-0.2, -0.15) is 0 Å². The third-order valence-corrected chi connectivity index (χ3v) is 4.33. The Hall–Kier alpha value is -3.60. The number of pyridine rings is 3. The first kappa shape index (κ1) is 16.8. The van der Waals surface area contributed by atoms with Gasteiger partial charge in [0.25, 0.3) is 0 Å². The number of hydrogen-bond donors (Lipinski definition) is 0. The van der Waals surface area contributed by atoms with Crippen LogP contribution < -0.4 is 4.90 Å². The second-order valence-corrected chi connectivity index (χ2v) is 6.28. The Morgan fingerprint density at radius 1 is 0.778 bits per heavy atom. The van der Waals surface area contributed by atoms with E-state index in [-0.39, 0.29) is 5.78 Å². The fourth-order valence-corrected chi connectivity index (χ4v) is 3.07. The Bertz CT molecular complexity index is 921. The van der Waals surface area contributed by atoms with Gasteiger partial charge in [-0.1, -0.05) is 18.2 Å². The van der Waals surface area contributed by atoms with Crippen LogP contribution in [0.25, 0.3) is 12.2 Å². The number of carbonyl (C=O) groups is 1. The Labute approximate surface area is 157 Å². The summed E-state index contributed by atoms with van der Waals surface area (Å²) in [6.07, 6.45) is 12.5. The molecule has 132 valence electrons. The van der Waals surface area contributed by atoms with Gasteiger partial charge in [0.05, 0.1) is 0 Å². The van der Waals surface area contributed by atoms with E-state index in [1.807, 2.05) is 54.6 Å². The summed E-state index contributed by atoms with van der Waals surface area (Å²) in [7, 11) is 0. The highest BCUT2D eigenvalue weighted by atomic mass is 16.1. The smallest absolute Gasteiger partial charge is 0.188 e. The number of nitrogens with zero attached hydrogens (tertiary/aromatic N) is 4. The van der Waals surface area contributed by atoms with E-state index in [4.69, 9.17) is 0 Å². The fraction of sp³-hybridized carbons (Fsp3) is 0.0909. The van der Waals surface area contributed by atoms with Crippen molar-refractivity contribution in [1.82, 2.24) is 15.0 Å². The summed E-state index contributed by atoms with van der Waals surface area (Å²) in [5.41, 5.74) is 3.25. The second kappa shape index (κ2) is 7.74. The number of Topliss-reactive ketones (excluding diaryl/α,β-unsaturated/α-hetero) is 1. The van der Waals surface area contributed by atoms with Gasteiger partial charge in [0.15, 0.2) is 5.78 Å². The number of carbonyl (C=O) groups excluding carboxylic acids is 1. The molecule has 0 atom stereocenters. The molecule has 4 rings (SSSR count). The van der Waals surface area contributed by atoms with Crippen molar-refractivity contribution in [1.29, 1.82) is 0 Å². The molecule has 0 aliphatic carbocycles. The first-order valence-electron chi connectivity index (χ1n) is 8.71. The lowest BCUT2D eigenvalue weighted by molar-refractivity contribution is -0.112. The minimum absolute atomic E-state index is 0.0508. The van der Waals surface area contributed by atoms with Crippen LogP contribution in [0, 0.1) is 0 Å². The van der Waals surface area contributed by atoms with Crippen molar-refractivity contribution >= 4 is 23.8 Å². The first-order chi connectivity index (χ1) is 13.3. The summed E-state index contributed by atoms with van der Waals surface area (Å²) in [6, 6.07) is 13.4. The largest absolute Gasteiger partial charge is 0.348 e. The number of ketones is 1. The zero-order valence-corrected chi connectivity index (χ0v) is 14.7. The molecular weight excluding hydrogens is 336 g/mol. The second-order valence-electron chi connectivity index (χ2n) is 6.28. The number of anilines is 1. The maximum atomic E-state index is 13.1. The first-order valence-corrected chi connectivity index (χ1v) is 8.71. The average molecular weight is 354 g/mol. The van der Waals surface area contributed by atoms with Crippen LogP contribution in [0.3, 0.4) is 0 Å². The quantitative estimate of drug-likeness (QED) is 0.675. The maximum Gasteiger partial charge on any atom is 0.188 e. The van der Waals surface area contributed by atoms with Gasteiger partial charge in [-0.3, -0.25) is 14.8 Å². The number of aromatic nitrogens is 3. The van der Waals surface area contributed by atoms with E-state index in [0.717, 1.165) is 28.1 Å². The number of rotatable bonds is 3. The van der Waals surface area contributed by atoms with Crippen LogP contribution in [0.5, 0.6) is 0 Å². The molecule has 0 radical (unpaired) electrons. The number of hydrogen-bond acceptors (Lipinski definition) is 5. The summed E-state index contributed by atoms with van der Waals surface area (Å²) in [5.74, 6) is 0.897. The molecule has 0 saturated carbocycles. The van der Waals surface area contributed by atoms with Crippen molar-refractivity contribution < 1.29 is 4.79 Å². The Balaban J connectivity index is 1.74. The third-order valence-electron chi connectivity index (χ3n) is 4.33. The van der Waals surface area contributed by atoms with E-state index in [0.29, 0.717) is 13.1 Å². The molecule has 0 unspecified atom stereocenters. The monoisotopic (exact) mass is 354 g/mol. The fourth-order valence-electron chi connectivity index (χ4n) is 3.07. The van der Waals surface area contributed by atoms with Gasteiger partial charge >= 0.3 is 0 Å². The van der Waals surface area contributed by atoms with Gasteiger partial charge in [0, 0.05) is 55.2 Å². The van der Waals surface area contributed by atoms with E-state index < -0.39 is 0 Å². The van der Waals surface area contributed by atoms with Crippen LogP contribution in [-0.4, -0.2) is 33.8 Å². The molecule has 0 N–H and O–H groups in total. The molecule has 0 bridgehead atoms. The van der Waals surface area contributed by atoms with Gasteiger partial charge in [-0.15, -0.1) is 0 Å². The Morgan fingerprint density at radius 3 is 1.89 bits per heavy atom. The Kier molecular flexibility index (Phi) is 4.83. The van der Waals surface area contributed by atoms with Crippen molar-refractivity contribution in [2.24, 2.45) is 0 Å². The van der Waals surface area contributed by atoms with Crippen LogP contribution >= 0.6 is 0 Å². The van der Waals surface area contributed by atoms with E-state index in [2.05, 4.69) is 19.9 Å². The zero-order valence-electron chi connectivity index (χ0n) is 14.7. The van der Waals surface area contributed by atoms with Gasteiger partial charge in [0.1, 0.15) is 5.82 Å². The summed E-state index contributed by atoms with van der Waals surface area (Å²) < 4.78 is 0. The highest BCUT2D eigenvalue weighted by Gasteiger charge is 2.26. The standard InChI is InChI=1S/C22H18N4O/c27-22-19(11-17-5-3-8-23-13-17)15-26(21-7-1-2-10-25-21)16-20(22)12-18-6-4-9-24-14-18/h1-14H,15-16H2/b19-11-,20-12+. The minimum Gasteiger partial charge on any atom is -0.348 e. The molecule has 0 spiro atoms. The van der Waals surface area contributed by atoms with Gasteiger partial charge < -0.3 is 4.90 Å². The molecular formula is C22H18N4O. The molecule has 1 aliphatic rings. The maximum absolute atomic E-state index is 13.1. The lowest BCUT2D eigenvalue weighted by atomic mass is 9.94. The van der Waals surface area contributed by atoms with Crippen molar-refractivity contribution in [2.75, 3.05) is 18.0 Å². The molecule has 1 saturated heterocycles. The molecule has 3 aromatic heterocycles. The molecule has 1 aliphatic heterocycles. The van der Waals surface area contributed by atoms with Crippen LogP contribution in [-0.2, 0) is 4.79 Å². The van der Waals surface area contributed by atoms with Crippen LogP contribution in [0.15, 0.2) is 84.6 Å². The lowest BCUT2D eigenvalue weighted by Crippen LogP contribution is -2.38. The summed E-state index contributed by atoms with van der Waals surface area (Å²) in [5, 5.41) is 0. The lowest BCUT2D eigenvalue weighted by Gasteiger charge is -2.30. The van der Waals surface area contributed by atoms with Crippen molar-refractivity contribution in [3.8, 4) is 0 Å². The molecule has 5 nitrogen and oxygen atoms in total. The molecule has 27 heavy (non-hydrogen) atoms. The Morgan fingerprint density at radius 2 is 1.41 bits per heavy atom. The van der Waals surface area contributed by atoms with E-state index >= 15 is 0 Å². The van der Waals surface area contributed by atoms with Gasteiger partial charge in [-0.25, -0.2) is 4.98 Å². The summed E-state index contributed by atoms with van der Waals surface area (Å²) >= 11 is 0. The van der Waals surface area contributed by atoms with E-state index in [1.54, 1.807) is 31.0 Å². The van der Waals surface area contributed by atoms with Crippen LogP contribution in [0.2, 0.25) is 0 Å². The average Bonchev–Trinajstić information content (AvgIpc) is 2.73. The van der Waals surface area contributed by atoms with E-state index in [9.17, 15) is 4.79 Å². The SMILES string of the molecule is O=C1/C(=C\c2cccnc2)CN(c2ccccn2)C/C1=C\c1cccnc1. The molecule has 1 fully saturated rings. The predicted molar refractivity (Wildman–Crippen MR) is 106 cm³/mol. The molecule has 4 heterocycles. The minimum atomic E-state index is 0.0508. The molecule has 0 aromatic carbocycles. The predicted octanol–water partition coefficient (Wildman–Crippen LogP) is 3.43. The molecule has 3 aromatic rings. The highest BCUT2D eigenvalue weighted by molar-refractivity contribution is 6.15. The highest BCUT2D eigenvalue weighted by Crippen LogP contribution is 2.25. The van der Waals surface area contributed by atoms with Crippen LogP contribution in [0.4, 0.5) is 5.82 Å². The summed E-state index contributed by atoms with van der Waals surface area (Å²) in [4.78, 5) is 27.9. The molecule has 0 amide bonds. The van der Waals surface area contributed by atoms with Crippen LogP contribution in [0.1, 0.15) is 11.1 Å².